The second-order valence-electron chi connectivity index (χ2n) is 5.23. The molecule has 0 radical (unpaired) electrons. The number of rotatable bonds is 7. The van der Waals surface area contributed by atoms with Crippen LogP contribution >= 0.6 is 0 Å². The average molecular weight is 351 g/mol. The van der Waals surface area contributed by atoms with Crippen LogP contribution < -0.4 is 0 Å². The minimum Gasteiger partial charge on any atom is -0.270 e. The van der Waals surface area contributed by atoms with Crippen molar-refractivity contribution in [3.8, 4) is 0 Å². The predicted molar refractivity (Wildman–Crippen MR) is 112 cm³/mol. The van der Waals surface area contributed by atoms with Crippen LogP contribution in [0, 0.1) is 6.92 Å². The molecule has 0 aliphatic heterocycles. The Balaban J connectivity index is 0.00000163. The zero-order chi connectivity index (χ0) is 19.4. The molecule has 0 aliphatic carbocycles. The van der Waals surface area contributed by atoms with Gasteiger partial charge in [-0.25, -0.2) is 9.66 Å². The second kappa shape index (κ2) is 11.6. The third-order valence-electron chi connectivity index (χ3n) is 3.43. The van der Waals surface area contributed by atoms with Gasteiger partial charge in [0, 0.05) is 24.1 Å². The highest BCUT2D eigenvalue weighted by molar-refractivity contribution is 5.81. The molecule has 0 unspecified atom stereocenters. The SMILES string of the molecule is C=C/C=C(/C)N(CC)/N=C/c1cccc(/C=N/n2cccc2C)n1.CC. The molecule has 2 rings (SSSR count). The van der Waals surface area contributed by atoms with Gasteiger partial charge in [-0.3, -0.25) is 5.01 Å². The maximum Gasteiger partial charge on any atom is 0.0838 e. The van der Waals surface area contributed by atoms with E-state index >= 15 is 0 Å². The molecule has 5 nitrogen and oxygen atoms in total. The number of aryl methyl sites for hydroxylation is 1. The lowest BCUT2D eigenvalue weighted by Gasteiger charge is -2.16. The minimum atomic E-state index is 0.779. The molecule has 0 spiro atoms. The van der Waals surface area contributed by atoms with Crippen LogP contribution in [-0.4, -0.2) is 33.6 Å². The summed E-state index contributed by atoms with van der Waals surface area (Å²) in [6.07, 6.45) is 9.08. The molecule has 0 saturated carbocycles. The molecular formula is C21H29N5. The summed E-state index contributed by atoms with van der Waals surface area (Å²) in [5.41, 5.74) is 3.68. The van der Waals surface area contributed by atoms with Crippen LogP contribution in [0.3, 0.4) is 0 Å². The summed E-state index contributed by atoms with van der Waals surface area (Å²) in [7, 11) is 0. The van der Waals surface area contributed by atoms with Gasteiger partial charge >= 0.3 is 0 Å². The molecule has 0 fully saturated rings. The van der Waals surface area contributed by atoms with E-state index in [9.17, 15) is 0 Å². The Hall–Kier alpha value is -2.95. The number of hydrogen-bond donors (Lipinski definition) is 0. The number of pyridine rings is 1. The van der Waals surface area contributed by atoms with Crippen LogP contribution in [0.5, 0.6) is 0 Å². The number of hydrogen-bond acceptors (Lipinski definition) is 4. The lowest BCUT2D eigenvalue weighted by molar-refractivity contribution is 0.388. The molecule has 2 aromatic heterocycles. The first-order valence-electron chi connectivity index (χ1n) is 8.90. The summed E-state index contributed by atoms with van der Waals surface area (Å²) in [4.78, 5) is 4.54. The van der Waals surface area contributed by atoms with E-state index in [0.717, 1.165) is 29.3 Å². The molecule has 0 N–H and O–H groups in total. The van der Waals surface area contributed by atoms with Gasteiger partial charge in [-0.05, 0) is 51.1 Å². The zero-order valence-corrected chi connectivity index (χ0v) is 16.4. The van der Waals surface area contributed by atoms with Gasteiger partial charge in [0.25, 0.3) is 0 Å². The van der Waals surface area contributed by atoms with E-state index in [0.29, 0.717) is 0 Å². The van der Waals surface area contributed by atoms with Crippen LogP contribution in [0.4, 0.5) is 0 Å². The Bertz CT molecular complexity index is 768. The molecule has 26 heavy (non-hydrogen) atoms. The Morgan fingerprint density at radius 2 is 1.88 bits per heavy atom. The summed E-state index contributed by atoms with van der Waals surface area (Å²) >= 11 is 0. The minimum absolute atomic E-state index is 0.779. The lowest BCUT2D eigenvalue weighted by atomic mass is 10.3. The molecule has 0 atom stereocenters. The maximum atomic E-state index is 4.54. The second-order valence-corrected chi connectivity index (χ2v) is 5.23. The van der Waals surface area contributed by atoms with E-state index in [1.807, 2.05) is 86.9 Å². The van der Waals surface area contributed by atoms with Gasteiger partial charge in [-0.2, -0.15) is 10.2 Å². The molecule has 0 aromatic carbocycles. The van der Waals surface area contributed by atoms with Crippen LogP contribution in [-0.2, 0) is 0 Å². The molecule has 5 heteroatoms. The summed E-state index contributed by atoms with van der Waals surface area (Å²) in [5, 5.41) is 10.8. The summed E-state index contributed by atoms with van der Waals surface area (Å²) in [6, 6.07) is 9.75. The van der Waals surface area contributed by atoms with E-state index in [-0.39, 0.29) is 0 Å². The molecule has 2 aromatic rings. The Morgan fingerprint density at radius 3 is 2.46 bits per heavy atom. The molecular weight excluding hydrogens is 322 g/mol. The van der Waals surface area contributed by atoms with E-state index < -0.39 is 0 Å². The van der Waals surface area contributed by atoms with Crippen LogP contribution in [0.25, 0.3) is 0 Å². The first-order valence-corrected chi connectivity index (χ1v) is 8.90. The highest BCUT2D eigenvalue weighted by atomic mass is 15.4. The van der Waals surface area contributed by atoms with Gasteiger partial charge in [0.1, 0.15) is 0 Å². The van der Waals surface area contributed by atoms with Crippen molar-refractivity contribution in [3.05, 3.63) is 78.0 Å². The van der Waals surface area contributed by atoms with Gasteiger partial charge in [0.05, 0.1) is 23.8 Å². The molecule has 0 aliphatic rings. The van der Waals surface area contributed by atoms with Crippen molar-refractivity contribution in [2.75, 3.05) is 6.54 Å². The lowest BCUT2D eigenvalue weighted by Crippen LogP contribution is -2.14. The maximum absolute atomic E-state index is 4.54. The average Bonchev–Trinajstić information content (AvgIpc) is 3.08. The Morgan fingerprint density at radius 1 is 1.19 bits per heavy atom. The standard InChI is InChI=1S/C19H23N5.C2H6/c1-5-9-16(3)23(6-2)20-14-18-11-7-12-19(22-18)15-21-24-13-8-10-17(24)4;1-2/h5,7-15H,1,6H2,2-4H3;1-2H3/b16-9-,20-14+,21-15+;. The smallest absolute Gasteiger partial charge is 0.0838 e. The van der Waals surface area contributed by atoms with Crippen LogP contribution in [0.15, 0.2) is 71.2 Å². The van der Waals surface area contributed by atoms with E-state index in [4.69, 9.17) is 0 Å². The molecule has 0 saturated heterocycles. The van der Waals surface area contributed by atoms with Crippen molar-refractivity contribution in [1.29, 1.82) is 0 Å². The first-order chi connectivity index (χ1) is 12.6. The van der Waals surface area contributed by atoms with Crippen molar-refractivity contribution in [3.63, 3.8) is 0 Å². The fourth-order valence-electron chi connectivity index (χ4n) is 2.13. The first kappa shape index (κ1) is 21.1. The zero-order valence-electron chi connectivity index (χ0n) is 16.4. The fraction of sp³-hybridized carbons (Fsp3) is 0.286. The van der Waals surface area contributed by atoms with Crippen molar-refractivity contribution in [1.82, 2.24) is 14.7 Å². The van der Waals surface area contributed by atoms with Crippen LogP contribution in [0.2, 0.25) is 0 Å². The van der Waals surface area contributed by atoms with Crippen LogP contribution in [0.1, 0.15) is 44.8 Å². The van der Waals surface area contributed by atoms with Gasteiger partial charge in [0.2, 0.25) is 0 Å². The van der Waals surface area contributed by atoms with Gasteiger partial charge in [-0.15, -0.1) is 0 Å². The molecule has 2 heterocycles. The highest BCUT2D eigenvalue weighted by Crippen LogP contribution is 2.05. The van der Waals surface area contributed by atoms with Gasteiger partial charge in [0.15, 0.2) is 0 Å². The number of hydrazone groups is 1. The third-order valence-corrected chi connectivity index (χ3v) is 3.43. The molecule has 0 bridgehead atoms. The Kier molecular flexibility index (Phi) is 9.39. The normalized spacial score (nSPS) is 11.5. The Labute approximate surface area is 157 Å². The number of nitrogens with zero attached hydrogens (tertiary/aromatic N) is 5. The van der Waals surface area contributed by atoms with Crippen molar-refractivity contribution in [2.45, 2.75) is 34.6 Å². The van der Waals surface area contributed by atoms with Gasteiger partial charge < -0.3 is 0 Å². The van der Waals surface area contributed by atoms with Crippen molar-refractivity contribution < 1.29 is 0 Å². The quantitative estimate of drug-likeness (QED) is 0.407. The van der Waals surface area contributed by atoms with Crippen molar-refractivity contribution >= 4 is 12.4 Å². The topological polar surface area (TPSA) is 45.8 Å². The summed E-state index contributed by atoms with van der Waals surface area (Å²) < 4.78 is 1.81. The van der Waals surface area contributed by atoms with E-state index in [1.165, 1.54) is 0 Å². The summed E-state index contributed by atoms with van der Waals surface area (Å²) in [6.45, 7) is 14.5. The predicted octanol–water partition coefficient (Wildman–Crippen LogP) is 4.85. The summed E-state index contributed by atoms with van der Waals surface area (Å²) in [5.74, 6) is 0. The molecule has 138 valence electrons. The number of allylic oxidation sites excluding steroid dienone is 3. The largest absolute Gasteiger partial charge is 0.270 e. The monoisotopic (exact) mass is 351 g/mol. The molecule has 0 amide bonds. The van der Waals surface area contributed by atoms with E-state index in [1.54, 1.807) is 18.5 Å². The fourth-order valence-corrected chi connectivity index (χ4v) is 2.13. The number of aromatic nitrogens is 2. The van der Waals surface area contributed by atoms with Crippen molar-refractivity contribution in [2.24, 2.45) is 10.2 Å². The highest BCUT2D eigenvalue weighted by Gasteiger charge is 1.99. The van der Waals surface area contributed by atoms with E-state index in [2.05, 4.69) is 21.8 Å². The van der Waals surface area contributed by atoms with Gasteiger partial charge in [-0.1, -0.05) is 32.6 Å². The third kappa shape index (κ3) is 6.51.